The lowest BCUT2D eigenvalue weighted by molar-refractivity contribution is -0.140. The molecular weight excluding hydrogens is 208 g/mol. The molecule has 0 amide bonds. The van der Waals surface area contributed by atoms with Crippen LogP contribution < -0.4 is 0 Å². The first-order chi connectivity index (χ1) is 7.66. The first-order valence-electron chi connectivity index (χ1n) is 5.10. The minimum absolute atomic E-state index is 0.140. The molecular formula is C12H16O4. The molecule has 0 aromatic heterocycles. The second-order valence-electron chi connectivity index (χ2n) is 2.92. The van der Waals surface area contributed by atoms with Gasteiger partial charge in [-0.05, 0) is 18.6 Å². The van der Waals surface area contributed by atoms with E-state index >= 15 is 0 Å². The number of carbonyl (C=O) groups excluding carboxylic acids is 2. The molecule has 0 radical (unpaired) electrons. The standard InChI is InChI=1S/C12H16O4/c1-3-4-5-8-12(14)16-10-7-6-9-15-11(2)13/h6-7H,3-4,9-10H2,1-2H3/b7-6-. The van der Waals surface area contributed by atoms with Crippen LogP contribution in [-0.4, -0.2) is 25.2 Å². The molecule has 0 N–H and O–H groups in total. The predicted octanol–water partition coefficient (Wildman–Crippen LogP) is 1.45. The molecule has 0 rings (SSSR count). The van der Waals surface area contributed by atoms with Crippen molar-refractivity contribution < 1.29 is 19.1 Å². The van der Waals surface area contributed by atoms with Crippen LogP contribution in [0.4, 0.5) is 0 Å². The topological polar surface area (TPSA) is 52.6 Å². The van der Waals surface area contributed by atoms with Gasteiger partial charge in [-0.25, -0.2) is 4.79 Å². The Hall–Kier alpha value is -1.76. The molecule has 0 heterocycles. The van der Waals surface area contributed by atoms with Gasteiger partial charge in [-0.1, -0.05) is 12.8 Å². The van der Waals surface area contributed by atoms with E-state index in [2.05, 4.69) is 16.6 Å². The monoisotopic (exact) mass is 224 g/mol. The van der Waals surface area contributed by atoms with Crippen molar-refractivity contribution in [3.63, 3.8) is 0 Å². The molecule has 0 bridgehead atoms. The molecule has 0 aliphatic rings. The number of ether oxygens (including phenoxy) is 2. The predicted molar refractivity (Wildman–Crippen MR) is 59.4 cm³/mol. The Balaban J connectivity index is 3.55. The average Bonchev–Trinajstić information content (AvgIpc) is 2.23. The van der Waals surface area contributed by atoms with Crippen LogP contribution >= 0.6 is 0 Å². The molecule has 0 saturated carbocycles. The van der Waals surface area contributed by atoms with Gasteiger partial charge >= 0.3 is 11.9 Å². The van der Waals surface area contributed by atoms with Gasteiger partial charge < -0.3 is 9.47 Å². The molecule has 4 heteroatoms. The highest BCUT2D eigenvalue weighted by molar-refractivity contribution is 5.88. The van der Waals surface area contributed by atoms with Gasteiger partial charge in [0, 0.05) is 19.3 Å². The summed E-state index contributed by atoms with van der Waals surface area (Å²) in [6.45, 7) is 3.64. The molecule has 0 spiro atoms. The molecule has 4 nitrogen and oxygen atoms in total. The second kappa shape index (κ2) is 9.78. The minimum Gasteiger partial charge on any atom is -0.462 e. The van der Waals surface area contributed by atoms with Crippen LogP contribution in [-0.2, 0) is 19.1 Å². The van der Waals surface area contributed by atoms with Crippen molar-refractivity contribution in [2.24, 2.45) is 0 Å². The molecule has 0 aromatic carbocycles. The van der Waals surface area contributed by atoms with E-state index in [9.17, 15) is 9.59 Å². The smallest absolute Gasteiger partial charge is 0.384 e. The molecule has 88 valence electrons. The summed E-state index contributed by atoms with van der Waals surface area (Å²) in [6.07, 6.45) is 4.82. The molecule has 0 unspecified atom stereocenters. The van der Waals surface area contributed by atoms with Crippen molar-refractivity contribution in [2.75, 3.05) is 13.2 Å². The quantitative estimate of drug-likeness (QED) is 0.307. The number of unbranched alkanes of at least 4 members (excludes halogenated alkanes) is 1. The van der Waals surface area contributed by atoms with Gasteiger partial charge in [-0.2, -0.15) is 0 Å². The number of hydrogen-bond donors (Lipinski definition) is 0. The second-order valence-corrected chi connectivity index (χ2v) is 2.92. The van der Waals surface area contributed by atoms with Crippen LogP contribution in [0.25, 0.3) is 0 Å². The zero-order valence-electron chi connectivity index (χ0n) is 9.62. The fourth-order valence-corrected chi connectivity index (χ4v) is 0.721. The highest BCUT2D eigenvalue weighted by Crippen LogP contribution is 1.84. The number of hydrogen-bond acceptors (Lipinski definition) is 4. The molecule has 0 aliphatic carbocycles. The molecule has 0 aromatic rings. The van der Waals surface area contributed by atoms with E-state index < -0.39 is 5.97 Å². The Bertz CT molecular complexity index is 307. The average molecular weight is 224 g/mol. The van der Waals surface area contributed by atoms with Gasteiger partial charge in [0.05, 0.1) is 0 Å². The van der Waals surface area contributed by atoms with Crippen LogP contribution in [0, 0.1) is 11.8 Å². The third-order valence-corrected chi connectivity index (χ3v) is 1.43. The number of rotatable bonds is 5. The third-order valence-electron chi connectivity index (χ3n) is 1.43. The Morgan fingerprint density at radius 2 is 1.81 bits per heavy atom. The van der Waals surface area contributed by atoms with Crippen LogP contribution in [0.1, 0.15) is 26.7 Å². The van der Waals surface area contributed by atoms with Crippen molar-refractivity contribution in [1.82, 2.24) is 0 Å². The van der Waals surface area contributed by atoms with Crippen molar-refractivity contribution in [2.45, 2.75) is 26.7 Å². The van der Waals surface area contributed by atoms with Crippen molar-refractivity contribution >= 4 is 11.9 Å². The highest BCUT2D eigenvalue weighted by atomic mass is 16.5. The van der Waals surface area contributed by atoms with E-state index in [0.29, 0.717) is 6.42 Å². The van der Waals surface area contributed by atoms with Gasteiger partial charge in [-0.3, -0.25) is 4.79 Å². The molecule has 0 saturated heterocycles. The maximum Gasteiger partial charge on any atom is 0.384 e. The SMILES string of the molecule is CCCC#CC(=O)OC/C=C\COC(C)=O. The normalized spacial score (nSPS) is 9.38. The maximum atomic E-state index is 10.9. The first-order valence-corrected chi connectivity index (χ1v) is 5.10. The van der Waals surface area contributed by atoms with E-state index in [1.54, 1.807) is 12.2 Å². The Kier molecular flexibility index (Phi) is 8.71. The molecule has 16 heavy (non-hydrogen) atoms. The van der Waals surface area contributed by atoms with Gasteiger partial charge in [0.1, 0.15) is 13.2 Å². The lowest BCUT2D eigenvalue weighted by Gasteiger charge is -1.95. The Morgan fingerprint density at radius 1 is 1.19 bits per heavy atom. The van der Waals surface area contributed by atoms with Gasteiger partial charge in [0.25, 0.3) is 0 Å². The van der Waals surface area contributed by atoms with Crippen molar-refractivity contribution in [3.8, 4) is 11.8 Å². The summed E-state index contributed by atoms with van der Waals surface area (Å²) in [5.41, 5.74) is 0. The van der Waals surface area contributed by atoms with E-state index in [1.807, 2.05) is 6.92 Å². The van der Waals surface area contributed by atoms with Crippen LogP contribution in [0.2, 0.25) is 0 Å². The lowest BCUT2D eigenvalue weighted by Crippen LogP contribution is -2.02. The molecule has 0 aliphatic heterocycles. The van der Waals surface area contributed by atoms with Crippen molar-refractivity contribution in [1.29, 1.82) is 0 Å². The van der Waals surface area contributed by atoms with Crippen LogP contribution in [0.15, 0.2) is 12.2 Å². The first kappa shape index (κ1) is 14.2. The summed E-state index contributed by atoms with van der Waals surface area (Å²) >= 11 is 0. The minimum atomic E-state index is -0.536. The zero-order chi connectivity index (χ0) is 12.2. The summed E-state index contributed by atoms with van der Waals surface area (Å²) in [5.74, 6) is 4.17. The maximum absolute atomic E-state index is 10.9. The number of esters is 2. The van der Waals surface area contributed by atoms with Gasteiger partial charge in [0.15, 0.2) is 0 Å². The summed E-state index contributed by atoms with van der Waals surface area (Å²) in [4.78, 5) is 21.3. The lowest BCUT2D eigenvalue weighted by atomic mass is 10.3. The van der Waals surface area contributed by atoms with Gasteiger partial charge in [-0.15, -0.1) is 0 Å². The summed E-state index contributed by atoms with van der Waals surface area (Å²) in [6, 6.07) is 0. The molecule has 0 atom stereocenters. The van der Waals surface area contributed by atoms with E-state index in [4.69, 9.17) is 4.74 Å². The Labute approximate surface area is 95.6 Å². The van der Waals surface area contributed by atoms with Crippen LogP contribution in [0.5, 0.6) is 0 Å². The fourth-order valence-electron chi connectivity index (χ4n) is 0.721. The van der Waals surface area contributed by atoms with E-state index in [1.165, 1.54) is 6.92 Å². The van der Waals surface area contributed by atoms with E-state index in [0.717, 1.165) is 6.42 Å². The van der Waals surface area contributed by atoms with Crippen molar-refractivity contribution in [3.05, 3.63) is 12.2 Å². The third kappa shape index (κ3) is 10.3. The number of carbonyl (C=O) groups is 2. The Morgan fingerprint density at radius 3 is 2.38 bits per heavy atom. The highest BCUT2D eigenvalue weighted by Gasteiger charge is 1.93. The summed E-state index contributed by atoms with van der Waals surface area (Å²) in [5, 5.41) is 0. The van der Waals surface area contributed by atoms with E-state index in [-0.39, 0.29) is 19.2 Å². The zero-order valence-corrected chi connectivity index (χ0v) is 9.62. The van der Waals surface area contributed by atoms with Crippen LogP contribution in [0.3, 0.4) is 0 Å². The fraction of sp³-hybridized carbons (Fsp3) is 0.500. The summed E-state index contributed by atoms with van der Waals surface area (Å²) in [7, 11) is 0. The molecule has 0 fully saturated rings. The van der Waals surface area contributed by atoms with Gasteiger partial charge in [0.2, 0.25) is 0 Å². The largest absolute Gasteiger partial charge is 0.462 e. The summed E-state index contributed by atoms with van der Waals surface area (Å²) < 4.78 is 9.39.